The van der Waals surface area contributed by atoms with Gasteiger partial charge in [-0.1, -0.05) is 71.1 Å². The van der Waals surface area contributed by atoms with Crippen LogP contribution >= 0.6 is 0 Å². The van der Waals surface area contributed by atoms with E-state index < -0.39 is 0 Å². The van der Waals surface area contributed by atoms with E-state index in [4.69, 9.17) is 0 Å². The summed E-state index contributed by atoms with van der Waals surface area (Å²) in [6, 6.07) is 7.24. The molecule has 1 fully saturated rings. The predicted octanol–water partition coefficient (Wildman–Crippen LogP) is 7.45. The average Bonchev–Trinajstić information content (AvgIpc) is 2.60. The number of hydrogen-bond acceptors (Lipinski definition) is 0. The molecule has 23 heavy (non-hydrogen) atoms. The Morgan fingerprint density at radius 1 is 0.913 bits per heavy atom. The van der Waals surface area contributed by atoms with E-state index in [1.807, 2.05) is 0 Å². The minimum Gasteiger partial charge on any atom is -0.0654 e. The molecule has 0 N–H and O–H groups in total. The summed E-state index contributed by atoms with van der Waals surface area (Å²) in [6.45, 7) is 7.06. The highest BCUT2D eigenvalue weighted by molar-refractivity contribution is 5.38. The van der Waals surface area contributed by atoms with Crippen LogP contribution in [0.15, 0.2) is 18.2 Å². The van der Waals surface area contributed by atoms with Crippen LogP contribution in [0.3, 0.4) is 0 Å². The highest BCUT2D eigenvalue weighted by Gasteiger charge is 2.26. The molecule has 0 saturated heterocycles. The molecule has 1 atom stereocenters. The smallest absolute Gasteiger partial charge is 0.0133 e. The average molecular weight is 315 g/mol. The van der Waals surface area contributed by atoms with E-state index in [1.165, 1.54) is 77.0 Å². The Balaban J connectivity index is 2.29. The number of benzene rings is 1. The van der Waals surface area contributed by atoms with Gasteiger partial charge in [-0.15, -0.1) is 0 Å². The molecule has 0 radical (unpaired) electrons. The summed E-state index contributed by atoms with van der Waals surface area (Å²) in [5, 5.41) is 0. The summed E-state index contributed by atoms with van der Waals surface area (Å²) in [5.41, 5.74) is 5.12. The van der Waals surface area contributed by atoms with Crippen molar-refractivity contribution in [2.45, 2.75) is 104 Å². The SMILES string of the molecule is CCCCc1cccc(C(CC)C2CCCCC2)c1CCCC. The summed E-state index contributed by atoms with van der Waals surface area (Å²) in [6.07, 6.45) is 16.5. The Labute approximate surface area is 145 Å². The van der Waals surface area contributed by atoms with E-state index in [1.54, 1.807) is 16.7 Å². The van der Waals surface area contributed by atoms with Gasteiger partial charge < -0.3 is 0 Å². The number of rotatable bonds is 9. The Bertz CT molecular complexity index is 439. The van der Waals surface area contributed by atoms with Crippen LogP contribution in [-0.4, -0.2) is 0 Å². The highest BCUT2D eigenvalue weighted by Crippen LogP contribution is 2.40. The van der Waals surface area contributed by atoms with Crippen LogP contribution in [0, 0.1) is 5.92 Å². The normalized spacial score (nSPS) is 17.3. The van der Waals surface area contributed by atoms with Gasteiger partial charge in [-0.2, -0.15) is 0 Å². The van der Waals surface area contributed by atoms with Crippen LogP contribution in [0.25, 0.3) is 0 Å². The molecule has 1 saturated carbocycles. The molecule has 1 aromatic rings. The van der Waals surface area contributed by atoms with Crippen molar-refractivity contribution in [3.05, 3.63) is 34.9 Å². The van der Waals surface area contributed by atoms with Gasteiger partial charge in [0, 0.05) is 0 Å². The molecular weight excluding hydrogens is 276 g/mol. The fourth-order valence-electron chi connectivity index (χ4n) is 4.61. The van der Waals surface area contributed by atoms with Gasteiger partial charge in [0.1, 0.15) is 0 Å². The summed E-state index contributed by atoms with van der Waals surface area (Å²) in [7, 11) is 0. The lowest BCUT2D eigenvalue weighted by atomic mass is 9.73. The van der Waals surface area contributed by atoms with Crippen molar-refractivity contribution >= 4 is 0 Å². The van der Waals surface area contributed by atoms with Crippen LogP contribution in [0.4, 0.5) is 0 Å². The number of hydrogen-bond donors (Lipinski definition) is 0. The molecular formula is C23H38. The quantitative estimate of drug-likeness (QED) is 0.444. The predicted molar refractivity (Wildman–Crippen MR) is 103 cm³/mol. The zero-order valence-electron chi connectivity index (χ0n) is 15.9. The molecule has 0 nitrogen and oxygen atoms in total. The van der Waals surface area contributed by atoms with Crippen molar-refractivity contribution < 1.29 is 0 Å². The van der Waals surface area contributed by atoms with Crippen molar-refractivity contribution in [3.63, 3.8) is 0 Å². The molecule has 0 amide bonds. The van der Waals surface area contributed by atoms with E-state index in [0.717, 1.165) is 11.8 Å². The van der Waals surface area contributed by atoms with Gasteiger partial charge in [0.05, 0.1) is 0 Å². The largest absolute Gasteiger partial charge is 0.0654 e. The van der Waals surface area contributed by atoms with Crippen molar-refractivity contribution in [1.82, 2.24) is 0 Å². The Hall–Kier alpha value is -0.780. The summed E-state index contributed by atoms with van der Waals surface area (Å²) >= 11 is 0. The van der Waals surface area contributed by atoms with Crippen molar-refractivity contribution in [2.75, 3.05) is 0 Å². The van der Waals surface area contributed by atoms with E-state index in [2.05, 4.69) is 39.0 Å². The fraction of sp³-hybridized carbons (Fsp3) is 0.739. The molecule has 0 spiro atoms. The lowest BCUT2D eigenvalue weighted by Crippen LogP contribution is -2.18. The molecule has 2 rings (SSSR count). The summed E-state index contributed by atoms with van der Waals surface area (Å²) < 4.78 is 0. The van der Waals surface area contributed by atoms with Gasteiger partial charge in [0.2, 0.25) is 0 Å². The van der Waals surface area contributed by atoms with E-state index in [9.17, 15) is 0 Å². The highest BCUT2D eigenvalue weighted by atomic mass is 14.3. The minimum absolute atomic E-state index is 0.809. The maximum atomic E-state index is 2.48. The third-order valence-corrected chi connectivity index (χ3v) is 5.95. The van der Waals surface area contributed by atoms with Crippen molar-refractivity contribution in [1.29, 1.82) is 0 Å². The van der Waals surface area contributed by atoms with Crippen LogP contribution in [-0.2, 0) is 12.8 Å². The van der Waals surface area contributed by atoms with Crippen LogP contribution in [0.5, 0.6) is 0 Å². The molecule has 0 aliphatic heterocycles. The monoisotopic (exact) mass is 314 g/mol. The molecule has 1 unspecified atom stereocenters. The maximum Gasteiger partial charge on any atom is -0.0133 e. The topological polar surface area (TPSA) is 0 Å². The second kappa shape index (κ2) is 10.2. The van der Waals surface area contributed by atoms with Crippen LogP contribution < -0.4 is 0 Å². The summed E-state index contributed by atoms with van der Waals surface area (Å²) in [5.74, 6) is 1.75. The second-order valence-electron chi connectivity index (χ2n) is 7.60. The molecule has 1 aliphatic rings. The molecule has 0 aromatic heterocycles. The van der Waals surface area contributed by atoms with E-state index in [-0.39, 0.29) is 0 Å². The zero-order valence-corrected chi connectivity index (χ0v) is 15.9. The van der Waals surface area contributed by atoms with Crippen molar-refractivity contribution in [3.8, 4) is 0 Å². The van der Waals surface area contributed by atoms with Gasteiger partial charge in [-0.05, 0) is 73.5 Å². The number of aryl methyl sites for hydroxylation is 1. The standard InChI is InChI=1S/C23H38/c1-4-7-13-20-16-12-18-23(22(20)17-8-5-2)21(6-3)19-14-10-9-11-15-19/h12,16,18-19,21H,4-11,13-15,17H2,1-3H3. The Morgan fingerprint density at radius 2 is 1.61 bits per heavy atom. The molecule has 0 heteroatoms. The zero-order chi connectivity index (χ0) is 16.5. The first kappa shape index (κ1) is 18.6. The molecule has 0 bridgehead atoms. The number of unbranched alkanes of at least 4 members (excludes halogenated alkanes) is 2. The maximum absolute atomic E-state index is 2.48. The van der Waals surface area contributed by atoms with Crippen LogP contribution in [0.1, 0.15) is 108 Å². The Morgan fingerprint density at radius 3 is 2.26 bits per heavy atom. The molecule has 0 heterocycles. The van der Waals surface area contributed by atoms with E-state index in [0.29, 0.717) is 0 Å². The molecule has 1 aliphatic carbocycles. The van der Waals surface area contributed by atoms with Gasteiger partial charge in [-0.3, -0.25) is 0 Å². The van der Waals surface area contributed by atoms with Gasteiger partial charge in [0.15, 0.2) is 0 Å². The van der Waals surface area contributed by atoms with Crippen molar-refractivity contribution in [2.24, 2.45) is 5.92 Å². The lowest BCUT2D eigenvalue weighted by Gasteiger charge is -2.32. The fourth-order valence-corrected chi connectivity index (χ4v) is 4.61. The second-order valence-corrected chi connectivity index (χ2v) is 7.60. The molecule has 130 valence electrons. The van der Waals surface area contributed by atoms with Gasteiger partial charge >= 0.3 is 0 Å². The minimum atomic E-state index is 0.809. The third kappa shape index (κ3) is 5.10. The molecule has 1 aromatic carbocycles. The van der Waals surface area contributed by atoms with Gasteiger partial charge in [0.25, 0.3) is 0 Å². The van der Waals surface area contributed by atoms with Crippen LogP contribution in [0.2, 0.25) is 0 Å². The Kier molecular flexibility index (Phi) is 8.20. The lowest BCUT2D eigenvalue weighted by molar-refractivity contribution is 0.298. The van der Waals surface area contributed by atoms with Gasteiger partial charge in [-0.25, -0.2) is 0 Å². The van der Waals surface area contributed by atoms with E-state index >= 15 is 0 Å². The summed E-state index contributed by atoms with van der Waals surface area (Å²) in [4.78, 5) is 0. The first-order chi connectivity index (χ1) is 11.3. The first-order valence-electron chi connectivity index (χ1n) is 10.4. The third-order valence-electron chi connectivity index (χ3n) is 5.95. The first-order valence-corrected chi connectivity index (χ1v) is 10.4.